The maximum atomic E-state index is 12.5. The molecule has 1 aromatic rings. The molecule has 0 radical (unpaired) electrons. The fraction of sp³-hybridized carbons (Fsp3) is 0.600. The van der Waals surface area contributed by atoms with Gasteiger partial charge in [0.1, 0.15) is 6.04 Å². The number of nitrogens with zero attached hydrogens (tertiary/aromatic N) is 1. The van der Waals surface area contributed by atoms with Crippen LogP contribution in [-0.2, 0) is 16.1 Å². The monoisotopic (exact) mass is 294 g/mol. The Balaban J connectivity index is 2.12. The van der Waals surface area contributed by atoms with Crippen molar-refractivity contribution in [3.63, 3.8) is 0 Å². The van der Waals surface area contributed by atoms with E-state index in [1.165, 1.54) is 15.3 Å². The van der Waals surface area contributed by atoms with Gasteiger partial charge in [0.25, 0.3) is 0 Å². The molecule has 2 rings (SSSR count). The molecule has 0 aromatic carbocycles. The SMILES string of the molecule is CCCC1NC(=O)CCN(Cc2cc(C)c(C)s2)C1=O. The summed E-state index contributed by atoms with van der Waals surface area (Å²) in [6.45, 7) is 7.35. The van der Waals surface area contributed by atoms with Gasteiger partial charge in [0.05, 0.1) is 6.54 Å². The third-order valence-electron chi connectivity index (χ3n) is 3.69. The van der Waals surface area contributed by atoms with Gasteiger partial charge >= 0.3 is 0 Å². The highest BCUT2D eigenvalue weighted by atomic mass is 32.1. The summed E-state index contributed by atoms with van der Waals surface area (Å²) in [5.74, 6) is 0.0410. The Bertz CT molecular complexity index is 490. The second kappa shape index (κ2) is 6.39. The largest absolute Gasteiger partial charge is 0.344 e. The molecule has 1 aliphatic heterocycles. The van der Waals surface area contributed by atoms with Gasteiger partial charge in [-0.2, -0.15) is 0 Å². The lowest BCUT2D eigenvalue weighted by molar-refractivity contribution is -0.134. The fourth-order valence-electron chi connectivity index (χ4n) is 2.45. The molecule has 0 spiro atoms. The van der Waals surface area contributed by atoms with Gasteiger partial charge in [-0.25, -0.2) is 0 Å². The van der Waals surface area contributed by atoms with E-state index in [4.69, 9.17) is 0 Å². The van der Waals surface area contributed by atoms with Crippen LogP contribution in [0.4, 0.5) is 0 Å². The molecule has 0 bridgehead atoms. The van der Waals surface area contributed by atoms with Crippen molar-refractivity contribution in [2.24, 2.45) is 0 Å². The summed E-state index contributed by atoms with van der Waals surface area (Å²) in [5, 5.41) is 2.84. The molecule has 110 valence electrons. The van der Waals surface area contributed by atoms with Crippen molar-refractivity contribution < 1.29 is 9.59 Å². The van der Waals surface area contributed by atoms with Crippen LogP contribution < -0.4 is 5.32 Å². The van der Waals surface area contributed by atoms with Gasteiger partial charge in [-0.15, -0.1) is 11.3 Å². The summed E-state index contributed by atoms with van der Waals surface area (Å²) in [4.78, 5) is 28.5. The highest BCUT2D eigenvalue weighted by Crippen LogP contribution is 2.23. The minimum atomic E-state index is -0.350. The third-order valence-corrected chi connectivity index (χ3v) is 4.83. The molecule has 1 aliphatic rings. The zero-order chi connectivity index (χ0) is 14.7. The van der Waals surface area contributed by atoms with E-state index in [-0.39, 0.29) is 17.9 Å². The molecular formula is C15H22N2O2S. The molecule has 1 fully saturated rings. The first-order valence-electron chi connectivity index (χ1n) is 7.15. The molecule has 1 saturated heterocycles. The van der Waals surface area contributed by atoms with Crippen LogP contribution in [0.2, 0.25) is 0 Å². The van der Waals surface area contributed by atoms with Crippen LogP contribution in [0.1, 0.15) is 41.5 Å². The Hall–Kier alpha value is -1.36. The van der Waals surface area contributed by atoms with E-state index in [1.807, 2.05) is 11.8 Å². The Morgan fingerprint density at radius 3 is 2.75 bits per heavy atom. The second-order valence-electron chi connectivity index (χ2n) is 5.37. The Labute approximate surface area is 124 Å². The highest BCUT2D eigenvalue weighted by Gasteiger charge is 2.29. The van der Waals surface area contributed by atoms with Gasteiger partial charge in [0.2, 0.25) is 11.8 Å². The molecule has 2 heterocycles. The molecule has 5 heteroatoms. The maximum absolute atomic E-state index is 12.5. The van der Waals surface area contributed by atoms with E-state index in [0.29, 0.717) is 25.9 Å². The van der Waals surface area contributed by atoms with Crippen molar-refractivity contribution >= 4 is 23.2 Å². The van der Waals surface area contributed by atoms with E-state index in [1.54, 1.807) is 11.3 Å². The predicted molar refractivity (Wildman–Crippen MR) is 80.7 cm³/mol. The number of carbonyl (C=O) groups is 2. The van der Waals surface area contributed by atoms with Gasteiger partial charge in [-0.3, -0.25) is 9.59 Å². The van der Waals surface area contributed by atoms with Crippen LogP contribution in [-0.4, -0.2) is 29.3 Å². The number of nitrogens with one attached hydrogen (secondary N) is 1. The summed E-state index contributed by atoms with van der Waals surface area (Å²) >= 11 is 1.73. The van der Waals surface area contributed by atoms with Gasteiger partial charge in [-0.1, -0.05) is 13.3 Å². The highest BCUT2D eigenvalue weighted by molar-refractivity contribution is 7.12. The average Bonchev–Trinajstić information content (AvgIpc) is 2.65. The van der Waals surface area contributed by atoms with Crippen LogP contribution in [0.5, 0.6) is 0 Å². The van der Waals surface area contributed by atoms with Gasteiger partial charge in [-0.05, 0) is 31.9 Å². The summed E-state index contributed by atoms with van der Waals surface area (Å²) < 4.78 is 0. The standard InChI is InChI=1S/C15H22N2O2S/c1-4-5-13-15(19)17(7-6-14(18)16-13)9-12-8-10(2)11(3)20-12/h8,13H,4-7,9H2,1-3H3,(H,16,18). The lowest BCUT2D eigenvalue weighted by atomic mass is 10.1. The summed E-state index contributed by atoms with van der Waals surface area (Å²) in [6, 6.07) is 1.79. The quantitative estimate of drug-likeness (QED) is 0.927. The van der Waals surface area contributed by atoms with E-state index < -0.39 is 0 Å². The molecule has 1 atom stereocenters. The van der Waals surface area contributed by atoms with Crippen molar-refractivity contribution in [2.75, 3.05) is 6.54 Å². The van der Waals surface area contributed by atoms with Gasteiger partial charge in [0, 0.05) is 22.7 Å². The molecule has 4 nitrogen and oxygen atoms in total. The van der Waals surface area contributed by atoms with Gasteiger partial charge in [0.15, 0.2) is 0 Å². The second-order valence-corrected chi connectivity index (χ2v) is 6.71. The average molecular weight is 294 g/mol. The van der Waals surface area contributed by atoms with Crippen LogP contribution >= 0.6 is 11.3 Å². The number of carbonyl (C=O) groups excluding carboxylic acids is 2. The van der Waals surface area contributed by atoms with E-state index >= 15 is 0 Å². The van der Waals surface area contributed by atoms with Gasteiger partial charge < -0.3 is 10.2 Å². The lowest BCUT2D eigenvalue weighted by Crippen LogP contribution is -2.44. The Morgan fingerprint density at radius 2 is 2.15 bits per heavy atom. The lowest BCUT2D eigenvalue weighted by Gasteiger charge is -2.23. The zero-order valence-corrected chi connectivity index (χ0v) is 13.2. The summed E-state index contributed by atoms with van der Waals surface area (Å²) in [5.41, 5.74) is 1.27. The van der Waals surface area contributed by atoms with E-state index in [9.17, 15) is 9.59 Å². The number of hydrogen-bond acceptors (Lipinski definition) is 3. The summed E-state index contributed by atoms with van der Waals surface area (Å²) in [7, 11) is 0. The van der Waals surface area contributed by atoms with E-state index in [0.717, 1.165) is 6.42 Å². The predicted octanol–water partition coefficient (Wildman–Crippen LogP) is 2.38. The summed E-state index contributed by atoms with van der Waals surface area (Å²) in [6.07, 6.45) is 2.00. The van der Waals surface area contributed by atoms with Crippen molar-refractivity contribution in [1.29, 1.82) is 0 Å². The normalized spacial score (nSPS) is 19.9. The van der Waals surface area contributed by atoms with Crippen molar-refractivity contribution in [3.05, 3.63) is 21.4 Å². The Morgan fingerprint density at radius 1 is 1.40 bits per heavy atom. The molecule has 1 unspecified atom stereocenters. The first kappa shape index (κ1) is 15.0. The third kappa shape index (κ3) is 3.39. The van der Waals surface area contributed by atoms with Crippen molar-refractivity contribution in [2.45, 2.75) is 52.6 Å². The number of amides is 2. The zero-order valence-electron chi connectivity index (χ0n) is 12.4. The fourth-order valence-corrected chi connectivity index (χ4v) is 3.52. The molecule has 2 amide bonds. The molecule has 20 heavy (non-hydrogen) atoms. The van der Waals surface area contributed by atoms with Crippen molar-refractivity contribution in [1.82, 2.24) is 10.2 Å². The van der Waals surface area contributed by atoms with E-state index in [2.05, 4.69) is 25.2 Å². The van der Waals surface area contributed by atoms with Crippen LogP contribution in [0.3, 0.4) is 0 Å². The van der Waals surface area contributed by atoms with Crippen LogP contribution in [0, 0.1) is 13.8 Å². The molecular weight excluding hydrogens is 272 g/mol. The molecule has 1 aromatic heterocycles. The van der Waals surface area contributed by atoms with Crippen LogP contribution in [0.25, 0.3) is 0 Å². The number of aryl methyl sites for hydroxylation is 2. The molecule has 0 saturated carbocycles. The smallest absolute Gasteiger partial charge is 0.245 e. The Kier molecular flexibility index (Phi) is 4.81. The minimum absolute atomic E-state index is 0.0159. The van der Waals surface area contributed by atoms with Crippen molar-refractivity contribution in [3.8, 4) is 0 Å². The van der Waals surface area contributed by atoms with Crippen LogP contribution in [0.15, 0.2) is 6.07 Å². The first-order chi connectivity index (χ1) is 9.51. The molecule has 1 N–H and O–H groups in total. The number of hydrogen-bond donors (Lipinski definition) is 1. The number of thiophene rings is 1. The maximum Gasteiger partial charge on any atom is 0.245 e. The number of rotatable bonds is 4. The minimum Gasteiger partial charge on any atom is -0.344 e. The molecule has 0 aliphatic carbocycles. The topological polar surface area (TPSA) is 49.4 Å². The first-order valence-corrected chi connectivity index (χ1v) is 7.97.